The third-order valence-corrected chi connectivity index (χ3v) is 5.33. The Morgan fingerprint density at radius 3 is 2.69 bits per heavy atom. The van der Waals surface area contributed by atoms with E-state index in [1.807, 2.05) is 11.4 Å². The van der Waals surface area contributed by atoms with Gasteiger partial charge in [0.1, 0.15) is 0 Å². The second-order valence-electron chi connectivity index (χ2n) is 4.99. The minimum absolute atomic E-state index is 0.143. The lowest BCUT2D eigenvalue weighted by atomic mass is 9.75. The number of hydrogen-bond acceptors (Lipinski definition) is 2. The van der Waals surface area contributed by atoms with E-state index in [0.29, 0.717) is 0 Å². The van der Waals surface area contributed by atoms with Gasteiger partial charge in [0.05, 0.1) is 10.6 Å². The fraction of sp³-hybridized carbons (Fsp3) is 0.692. The lowest BCUT2D eigenvalue weighted by Gasteiger charge is -2.36. The van der Waals surface area contributed by atoms with Gasteiger partial charge in [-0.3, -0.25) is 0 Å². The van der Waals surface area contributed by atoms with E-state index in [-0.39, 0.29) is 5.54 Å². The summed E-state index contributed by atoms with van der Waals surface area (Å²) >= 11 is 7.90. The molecule has 90 valence electrons. The molecule has 0 aromatic carbocycles. The van der Waals surface area contributed by atoms with Crippen LogP contribution >= 0.6 is 22.9 Å². The van der Waals surface area contributed by atoms with Crippen LogP contribution in [0.2, 0.25) is 5.02 Å². The van der Waals surface area contributed by atoms with Gasteiger partial charge >= 0.3 is 0 Å². The third kappa shape index (κ3) is 2.44. The second-order valence-corrected chi connectivity index (χ2v) is 6.31. The van der Waals surface area contributed by atoms with Gasteiger partial charge in [0.2, 0.25) is 0 Å². The average molecular weight is 258 g/mol. The van der Waals surface area contributed by atoms with Crippen molar-refractivity contribution < 1.29 is 0 Å². The Hall–Kier alpha value is -0.0500. The van der Waals surface area contributed by atoms with Crippen molar-refractivity contribution in [2.24, 2.45) is 11.7 Å². The second kappa shape index (κ2) is 5.07. The normalized spacial score (nSPS) is 30.6. The number of thiophene rings is 1. The van der Waals surface area contributed by atoms with E-state index >= 15 is 0 Å². The largest absolute Gasteiger partial charge is 0.321 e. The van der Waals surface area contributed by atoms with Crippen LogP contribution in [0.5, 0.6) is 0 Å². The van der Waals surface area contributed by atoms with Crippen LogP contribution in [0.25, 0.3) is 0 Å². The number of hydrogen-bond donors (Lipinski definition) is 1. The van der Waals surface area contributed by atoms with Gasteiger partial charge in [-0.1, -0.05) is 31.4 Å². The highest BCUT2D eigenvalue weighted by molar-refractivity contribution is 7.10. The first-order chi connectivity index (χ1) is 7.65. The minimum atomic E-state index is -0.143. The van der Waals surface area contributed by atoms with Crippen LogP contribution in [0, 0.1) is 5.92 Å². The molecule has 0 amide bonds. The van der Waals surface area contributed by atoms with Gasteiger partial charge in [-0.2, -0.15) is 0 Å². The van der Waals surface area contributed by atoms with Gasteiger partial charge in [-0.15, -0.1) is 11.3 Å². The van der Waals surface area contributed by atoms with E-state index in [1.54, 1.807) is 11.3 Å². The predicted octanol–water partition coefficient (Wildman–Crippen LogP) is 4.55. The summed E-state index contributed by atoms with van der Waals surface area (Å²) in [7, 11) is 0. The topological polar surface area (TPSA) is 26.0 Å². The van der Waals surface area contributed by atoms with Crippen LogP contribution in [0.15, 0.2) is 11.4 Å². The Morgan fingerprint density at radius 1 is 1.50 bits per heavy atom. The summed E-state index contributed by atoms with van der Waals surface area (Å²) in [6.07, 6.45) is 7.36. The monoisotopic (exact) mass is 257 g/mol. The summed E-state index contributed by atoms with van der Waals surface area (Å²) in [6, 6.07) is 1.97. The molecular formula is C13H20ClNS. The Kier molecular flexibility index (Phi) is 3.93. The molecule has 0 aliphatic heterocycles. The smallest absolute Gasteiger partial charge is 0.0564 e. The van der Waals surface area contributed by atoms with Crippen LogP contribution in [0.4, 0.5) is 0 Å². The van der Waals surface area contributed by atoms with Gasteiger partial charge in [-0.25, -0.2) is 0 Å². The van der Waals surface area contributed by atoms with E-state index in [4.69, 9.17) is 17.3 Å². The summed E-state index contributed by atoms with van der Waals surface area (Å²) in [5, 5.41) is 2.91. The van der Waals surface area contributed by atoms with Crippen LogP contribution in [-0.2, 0) is 5.54 Å². The average Bonchev–Trinajstić information content (AvgIpc) is 2.69. The van der Waals surface area contributed by atoms with E-state index in [9.17, 15) is 0 Å². The molecule has 0 unspecified atom stereocenters. The first kappa shape index (κ1) is 12.4. The molecule has 0 spiro atoms. The highest BCUT2D eigenvalue weighted by Crippen LogP contribution is 2.43. The third-order valence-electron chi connectivity index (χ3n) is 3.76. The molecule has 0 saturated heterocycles. The highest BCUT2D eigenvalue weighted by atomic mass is 35.5. The zero-order valence-corrected chi connectivity index (χ0v) is 11.4. The predicted molar refractivity (Wildman–Crippen MR) is 72.1 cm³/mol. The van der Waals surface area contributed by atoms with Crippen molar-refractivity contribution in [2.75, 3.05) is 0 Å². The Balaban J connectivity index is 2.04. The van der Waals surface area contributed by atoms with Gasteiger partial charge in [0, 0.05) is 4.88 Å². The molecule has 3 heteroatoms. The molecule has 2 N–H and O–H groups in total. The molecule has 0 atom stereocenters. The molecule has 1 fully saturated rings. The van der Waals surface area contributed by atoms with Crippen molar-refractivity contribution in [2.45, 2.75) is 51.0 Å². The zero-order valence-electron chi connectivity index (χ0n) is 9.84. The maximum Gasteiger partial charge on any atom is 0.0564 e. The standard InChI is InChI=1S/C13H20ClNS/c1-2-3-10-4-7-13(15,8-5-10)12-11(14)6-9-16-12/h6,9-10H,2-5,7-8,15H2,1H3. The molecule has 0 bridgehead atoms. The van der Waals surface area contributed by atoms with E-state index in [2.05, 4.69) is 6.92 Å². The summed E-state index contributed by atoms with van der Waals surface area (Å²) in [5.74, 6) is 0.889. The first-order valence-corrected chi connectivity index (χ1v) is 7.44. The maximum atomic E-state index is 6.51. The number of nitrogens with two attached hydrogens (primary N) is 1. The Morgan fingerprint density at radius 2 is 2.19 bits per heavy atom. The highest BCUT2D eigenvalue weighted by Gasteiger charge is 2.35. The molecule has 1 nitrogen and oxygen atoms in total. The molecule has 1 aromatic rings. The lowest BCUT2D eigenvalue weighted by Crippen LogP contribution is -2.39. The van der Waals surface area contributed by atoms with Crippen LogP contribution in [0.3, 0.4) is 0 Å². The van der Waals surface area contributed by atoms with Gasteiger partial charge < -0.3 is 5.73 Å². The summed E-state index contributed by atoms with van der Waals surface area (Å²) in [5.41, 5.74) is 6.37. The minimum Gasteiger partial charge on any atom is -0.321 e. The Labute approximate surface area is 107 Å². The van der Waals surface area contributed by atoms with Gasteiger partial charge in [-0.05, 0) is 43.0 Å². The molecule has 2 rings (SSSR count). The Bertz CT molecular complexity index is 339. The molecule has 1 heterocycles. The fourth-order valence-corrected chi connectivity index (χ4v) is 4.18. The van der Waals surface area contributed by atoms with Crippen molar-refractivity contribution in [3.8, 4) is 0 Å². The van der Waals surface area contributed by atoms with E-state index in [1.165, 1.54) is 30.6 Å². The first-order valence-electron chi connectivity index (χ1n) is 6.18. The van der Waals surface area contributed by atoms with Crippen LogP contribution in [0.1, 0.15) is 50.3 Å². The van der Waals surface area contributed by atoms with Crippen molar-refractivity contribution in [1.29, 1.82) is 0 Å². The number of rotatable bonds is 3. The van der Waals surface area contributed by atoms with Crippen molar-refractivity contribution in [3.05, 3.63) is 21.3 Å². The summed E-state index contributed by atoms with van der Waals surface area (Å²) < 4.78 is 0. The van der Waals surface area contributed by atoms with Gasteiger partial charge in [0.15, 0.2) is 0 Å². The molecule has 0 radical (unpaired) electrons. The van der Waals surface area contributed by atoms with Crippen LogP contribution < -0.4 is 5.73 Å². The molecule has 1 aliphatic carbocycles. The molecule has 16 heavy (non-hydrogen) atoms. The fourth-order valence-electron chi connectivity index (χ4n) is 2.77. The lowest BCUT2D eigenvalue weighted by molar-refractivity contribution is 0.230. The van der Waals surface area contributed by atoms with Crippen molar-refractivity contribution in [1.82, 2.24) is 0 Å². The van der Waals surface area contributed by atoms with Crippen molar-refractivity contribution in [3.63, 3.8) is 0 Å². The summed E-state index contributed by atoms with van der Waals surface area (Å²) in [4.78, 5) is 1.20. The van der Waals surface area contributed by atoms with E-state index in [0.717, 1.165) is 23.8 Å². The molecule has 1 aliphatic rings. The van der Waals surface area contributed by atoms with Crippen LogP contribution in [-0.4, -0.2) is 0 Å². The quantitative estimate of drug-likeness (QED) is 0.845. The van der Waals surface area contributed by atoms with E-state index < -0.39 is 0 Å². The summed E-state index contributed by atoms with van der Waals surface area (Å²) in [6.45, 7) is 2.26. The van der Waals surface area contributed by atoms with Gasteiger partial charge in [0.25, 0.3) is 0 Å². The molecule has 1 saturated carbocycles. The SMILES string of the molecule is CCCC1CCC(N)(c2sccc2Cl)CC1. The van der Waals surface area contributed by atoms with Crippen molar-refractivity contribution >= 4 is 22.9 Å². The zero-order chi connectivity index (χ0) is 11.6. The molecule has 1 aromatic heterocycles. The number of halogens is 1. The molecular weight excluding hydrogens is 238 g/mol. The maximum absolute atomic E-state index is 6.51.